The summed E-state index contributed by atoms with van der Waals surface area (Å²) >= 11 is 0.785. The lowest BCUT2D eigenvalue weighted by Crippen LogP contribution is -2.49. The van der Waals surface area contributed by atoms with Crippen molar-refractivity contribution < 1.29 is 18.0 Å². The van der Waals surface area contributed by atoms with Gasteiger partial charge in [0.1, 0.15) is 6.33 Å². The predicted molar refractivity (Wildman–Crippen MR) is 106 cm³/mol. The molecule has 0 bridgehead atoms. The first-order chi connectivity index (χ1) is 13.9. The number of aromatic nitrogens is 3. The molecule has 150 valence electrons. The Kier molecular flexibility index (Phi) is 5.30. The number of nitrogens with one attached hydrogen (secondary N) is 1. The highest BCUT2D eigenvalue weighted by atomic mass is 32.2. The largest absolute Gasteiger partial charge is 0.338 e. The number of benzene rings is 1. The van der Waals surface area contributed by atoms with E-state index in [9.17, 15) is 18.0 Å². The smallest absolute Gasteiger partial charge is 0.290 e. The van der Waals surface area contributed by atoms with E-state index in [1.807, 2.05) is 4.90 Å². The Morgan fingerprint density at radius 2 is 1.76 bits per heavy atom. The summed E-state index contributed by atoms with van der Waals surface area (Å²) in [7, 11) is -3.54. The van der Waals surface area contributed by atoms with Crippen molar-refractivity contribution in [1.29, 1.82) is 0 Å². The third-order valence-corrected chi connectivity index (χ3v) is 7.11. The molecule has 1 aromatic carbocycles. The van der Waals surface area contributed by atoms with Gasteiger partial charge in [-0.3, -0.25) is 14.9 Å². The van der Waals surface area contributed by atoms with Gasteiger partial charge in [-0.2, -0.15) is 9.29 Å². The second-order valence-electron chi connectivity index (χ2n) is 6.20. The fourth-order valence-electron chi connectivity index (χ4n) is 2.93. The molecule has 0 aliphatic carbocycles. The molecule has 1 N–H and O–H groups in total. The molecule has 0 spiro atoms. The van der Waals surface area contributed by atoms with Crippen molar-refractivity contribution >= 4 is 45.0 Å². The van der Waals surface area contributed by atoms with Crippen LogP contribution < -0.4 is 10.2 Å². The van der Waals surface area contributed by atoms with Gasteiger partial charge in [-0.05, 0) is 23.9 Å². The van der Waals surface area contributed by atoms with Gasteiger partial charge < -0.3 is 4.90 Å². The number of amides is 2. The number of hydrogen-bond acceptors (Lipinski definition) is 9. The Morgan fingerprint density at radius 3 is 2.41 bits per heavy atom. The second kappa shape index (κ2) is 7.89. The minimum atomic E-state index is -3.54. The molecular weight excluding hydrogens is 416 g/mol. The number of sulfonamides is 1. The first-order valence-electron chi connectivity index (χ1n) is 8.67. The van der Waals surface area contributed by atoms with Crippen molar-refractivity contribution in [2.75, 3.05) is 31.1 Å². The lowest BCUT2D eigenvalue weighted by molar-refractivity contribution is -0.115. The third-order valence-electron chi connectivity index (χ3n) is 4.38. The standard InChI is InChI=1S/C17H16N6O4S2/c24-15-13(28-17(25)21-15)10-14-18-11-19-16(20-14)22-6-8-23(9-7-22)29(26,27)12-4-2-1-3-5-12/h1-5,10-11H,6-9H2,(H,21,24,25). The van der Waals surface area contributed by atoms with E-state index in [1.54, 1.807) is 30.3 Å². The zero-order valence-electron chi connectivity index (χ0n) is 15.1. The molecule has 2 fully saturated rings. The normalized spacial score (nSPS) is 19.6. The average Bonchev–Trinajstić information content (AvgIpc) is 3.05. The van der Waals surface area contributed by atoms with Crippen LogP contribution >= 0.6 is 11.8 Å². The van der Waals surface area contributed by atoms with E-state index in [0.717, 1.165) is 11.8 Å². The fraction of sp³-hybridized carbons (Fsp3) is 0.235. The maximum Gasteiger partial charge on any atom is 0.290 e. The van der Waals surface area contributed by atoms with Crippen molar-refractivity contribution in [3.63, 3.8) is 0 Å². The molecule has 2 aliphatic rings. The van der Waals surface area contributed by atoms with E-state index >= 15 is 0 Å². The Hall–Kier alpha value is -2.83. The number of nitrogens with zero attached hydrogens (tertiary/aromatic N) is 5. The SMILES string of the molecule is O=C1NC(=O)C(=Cc2ncnc(N3CCN(S(=O)(=O)c4ccccc4)CC3)n2)S1. The topological polar surface area (TPSA) is 125 Å². The van der Waals surface area contributed by atoms with Crippen molar-refractivity contribution in [1.82, 2.24) is 24.6 Å². The molecule has 0 unspecified atom stereocenters. The van der Waals surface area contributed by atoms with E-state index in [2.05, 4.69) is 20.3 Å². The van der Waals surface area contributed by atoms with E-state index in [-0.39, 0.29) is 15.6 Å². The molecule has 29 heavy (non-hydrogen) atoms. The van der Waals surface area contributed by atoms with Crippen LogP contribution in [0.3, 0.4) is 0 Å². The number of hydrogen-bond donors (Lipinski definition) is 1. The Morgan fingerprint density at radius 1 is 1.03 bits per heavy atom. The van der Waals surface area contributed by atoms with Crippen molar-refractivity contribution in [2.45, 2.75) is 4.90 Å². The van der Waals surface area contributed by atoms with Crippen LogP contribution in [0.5, 0.6) is 0 Å². The fourth-order valence-corrected chi connectivity index (χ4v) is 5.02. The number of rotatable bonds is 4. The Balaban J connectivity index is 1.46. The van der Waals surface area contributed by atoms with Gasteiger partial charge in [0.05, 0.1) is 9.80 Å². The minimum Gasteiger partial charge on any atom is -0.338 e. The van der Waals surface area contributed by atoms with Crippen LogP contribution in [-0.4, -0.2) is 65.0 Å². The lowest BCUT2D eigenvalue weighted by Gasteiger charge is -2.33. The van der Waals surface area contributed by atoms with E-state index in [1.165, 1.54) is 16.7 Å². The molecule has 2 saturated heterocycles. The van der Waals surface area contributed by atoms with Crippen LogP contribution in [0.2, 0.25) is 0 Å². The lowest BCUT2D eigenvalue weighted by atomic mass is 10.4. The molecule has 2 amide bonds. The summed E-state index contributed by atoms with van der Waals surface area (Å²) in [5.74, 6) is 0.154. The maximum atomic E-state index is 12.7. The van der Waals surface area contributed by atoms with Gasteiger partial charge in [-0.15, -0.1) is 0 Å². The van der Waals surface area contributed by atoms with Crippen LogP contribution in [0.15, 0.2) is 46.5 Å². The number of carbonyl (C=O) groups excluding carboxylic acids is 2. The van der Waals surface area contributed by atoms with Crippen LogP contribution in [0.1, 0.15) is 5.82 Å². The molecule has 2 aliphatic heterocycles. The van der Waals surface area contributed by atoms with Gasteiger partial charge >= 0.3 is 0 Å². The quantitative estimate of drug-likeness (QED) is 0.695. The van der Waals surface area contributed by atoms with E-state index < -0.39 is 21.2 Å². The Labute approximate surface area is 171 Å². The maximum absolute atomic E-state index is 12.7. The van der Waals surface area contributed by atoms with Gasteiger partial charge in [0.2, 0.25) is 16.0 Å². The number of piperazine rings is 1. The van der Waals surface area contributed by atoms with Crippen molar-refractivity contribution in [2.24, 2.45) is 0 Å². The first-order valence-corrected chi connectivity index (χ1v) is 10.9. The molecule has 0 radical (unpaired) electrons. The zero-order chi connectivity index (χ0) is 20.4. The molecule has 2 aromatic rings. The summed E-state index contributed by atoms with van der Waals surface area (Å²) in [4.78, 5) is 37.7. The van der Waals surface area contributed by atoms with Gasteiger partial charge in [0, 0.05) is 32.3 Å². The summed E-state index contributed by atoms with van der Waals surface area (Å²) in [5, 5.41) is 1.73. The van der Waals surface area contributed by atoms with Crippen LogP contribution in [0.4, 0.5) is 10.7 Å². The van der Waals surface area contributed by atoms with Gasteiger partial charge in [0.25, 0.3) is 11.1 Å². The second-order valence-corrected chi connectivity index (χ2v) is 9.15. The Bertz CT molecular complexity index is 1080. The molecule has 10 nitrogen and oxygen atoms in total. The average molecular weight is 432 g/mol. The van der Waals surface area contributed by atoms with Crippen molar-refractivity contribution in [3.05, 3.63) is 47.4 Å². The molecule has 4 rings (SSSR count). The summed E-state index contributed by atoms with van der Waals surface area (Å²) in [6.45, 7) is 1.43. The van der Waals surface area contributed by atoms with Crippen LogP contribution in [0, 0.1) is 0 Å². The number of carbonyl (C=O) groups is 2. The van der Waals surface area contributed by atoms with E-state index in [0.29, 0.717) is 32.1 Å². The highest BCUT2D eigenvalue weighted by Gasteiger charge is 2.29. The van der Waals surface area contributed by atoms with E-state index in [4.69, 9.17) is 0 Å². The van der Waals surface area contributed by atoms with Crippen molar-refractivity contribution in [3.8, 4) is 0 Å². The summed E-state index contributed by atoms with van der Waals surface area (Å²) in [6.07, 6.45) is 2.74. The molecule has 0 atom stereocenters. The highest BCUT2D eigenvalue weighted by Crippen LogP contribution is 2.25. The zero-order valence-corrected chi connectivity index (χ0v) is 16.7. The number of anilines is 1. The molecule has 1 aromatic heterocycles. The van der Waals surface area contributed by atoms with Crippen LogP contribution in [-0.2, 0) is 14.8 Å². The first kappa shape index (κ1) is 19.5. The summed E-state index contributed by atoms with van der Waals surface area (Å²) in [5.41, 5.74) is 0. The molecular formula is C17H16N6O4S2. The molecule has 3 heterocycles. The third kappa shape index (κ3) is 4.13. The molecule has 12 heteroatoms. The van der Waals surface area contributed by atoms with Crippen LogP contribution in [0.25, 0.3) is 6.08 Å². The number of thioether (sulfide) groups is 1. The summed E-state index contributed by atoms with van der Waals surface area (Å²) in [6, 6.07) is 8.32. The molecule has 0 saturated carbocycles. The summed E-state index contributed by atoms with van der Waals surface area (Å²) < 4.78 is 26.9. The van der Waals surface area contributed by atoms with Gasteiger partial charge in [-0.25, -0.2) is 18.4 Å². The van der Waals surface area contributed by atoms with Gasteiger partial charge in [0.15, 0.2) is 5.82 Å². The highest BCUT2D eigenvalue weighted by molar-refractivity contribution is 8.18. The number of imide groups is 1. The minimum absolute atomic E-state index is 0.214. The monoisotopic (exact) mass is 432 g/mol. The van der Waals surface area contributed by atoms with Gasteiger partial charge in [-0.1, -0.05) is 18.2 Å². The predicted octanol–water partition coefficient (Wildman–Crippen LogP) is 0.706.